The maximum Gasteiger partial charge on any atom is 0.267 e. The van der Waals surface area contributed by atoms with Crippen molar-refractivity contribution in [1.82, 2.24) is 9.55 Å². The van der Waals surface area contributed by atoms with E-state index in [1.165, 1.54) is 16.8 Å². The maximum atomic E-state index is 14.0. The summed E-state index contributed by atoms with van der Waals surface area (Å²) in [6.45, 7) is 1.75. The van der Waals surface area contributed by atoms with Crippen LogP contribution in [-0.4, -0.2) is 9.55 Å². The van der Waals surface area contributed by atoms with E-state index in [1.54, 1.807) is 25.1 Å². The minimum atomic E-state index is -0.588. The van der Waals surface area contributed by atoms with E-state index >= 15 is 0 Å². The van der Waals surface area contributed by atoms with Crippen LogP contribution in [0, 0.1) is 27.6 Å². The Morgan fingerprint density at radius 2 is 2.26 bits per heavy atom. The molecule has 0 aliphatic heterocycles. The molecule has 0 fully saturated rings. The second kappa shape index (κ2) is 5.48. The van der Waals surface area contributed by atoms with Crippen molar-refractivity contribution in [2.75, 3.05) is 0 Å². The predicted molar refractivity (Wildman–Crippen MR) is 76.2 cm³/mol. The smallest absolute Gasteiger partial charge is 0.267 e. The fraction of sp³-hybridized carbons (Fsp3) is 0.154. The van der Waals surface area contributed by atoms with Gasteiger partial charge in [0.25, 0.3) is 5.56 Å². The summed E-state index contributed by atoms with van der Waals surface area (Å²) in [5, 5.41) is 8.79. The summed E-state index contributed by atoms with van der Waals surface area (Å²) in [7, 11) is 0. The van der Waals surface area contributed by atoms with Crippen LogP contribution in [0.15, 0.2) is 29.2 Å². The highest BCUT2D eigenvalue weighted by molar-refractivity contribution is 14.1. The zero-order chi connectivity index (χ0) is 14.0. The van der Waals surface area contributed by atoms with Crippen LogP contribution in [0.5, 0.6) is 0 Å². The third kappa shape index (κ3) is 2.66. The van der Waals surface area contributed by atoms with E-state index in [4.69, 9.17) is 5.26 Å². The molecule has 1 aromatic heterocycles. The lowest BCUT2D eigenvalue weighted by Gasteiger charge is -2.10. The summed E-state index contributed by atoms with van der Waals surface area (Å²) in [5.74, 6) is -0.0812. The van der Waals surface area contributed by atoms with Crippen LogP contribution in [0.1, 0.15) is 17.0 Å². The first-order valence-electron chi connectivity index (χ1n) is 5.44. The second-order valence-electron chi connectivity index (χ2n) is 3.94. The lowest BCUT2D eigenvalue weighted by Crippen LogP contribution is -2.26. The summed E-state index contributed by atoms with van der Waals surface area (Å²) in [5.41, 5.74) is 0.0599. The van der Waals surface area contributed by atoms with Gasteiger partial charge >= 0.3 is 0 Å². The van der Waals surface area contributed by atoms with E-state index in [2.05, 4.69) is 4.98 Å². The van der Waals surface area contributed by atoms with Gasteiger partial charge < -0.3 is 0 Å². The lowest BCUT2D eigenvalue weighted by atomic mass is 10.1. The largest absolute Gasteiger partial charge is 0.291 e. The summed E-state index contributed by atoms with van der Waals surface area (Å²) in [6, 6.07) is 6.34. The first-order valence-corrected chi connectivity index (χ1v) is 6.52. The highest BCUT2D eigenvalue weighted by Crippen LogP contribution is 2.13. The molecule has 0 spiro atoms. The molecule has 0 unspecified atom stereocenters. The molecule has 2 aromatic rings. The average Bonchev–Trinajstić information content (AvgIpc) is 2.41. The number of rotatable bonds is 2. The molecule has 0 saturated carbocycles. The van der Waals surface area contributed by atoms with Crippen molar-refractivity contribution in [1.29, 1.82) is 5.26 Å². The summed E-state index contributed by atoms with van der Waals surface area (Å²) >= 11 is 1.89. The van der Waals surface area contributed by atoms with Crippen molar-refractivity contribution in [3.63, 3.8) is 0 Å². The van der Waals surface area contributed by atoms with Crippen molar-refractivity contribution >= 4 is 22.6 Å². The standard InChI is InChI=1S/C13H9FIN3O/c1-8-17-6-11(15)13(19)18(8)7-10-4-2-3-9(5-16)12(10)14/h2-4,6H,7H2,1H3. The molecule has 96 valence electrons. The van der Waals surface area contributed by atoms with Crippen molar-refractivity contribution in [3.8, 4) is 6.07 Å². The number of aromatic nitrogens is 2. The van der Waals surface area contributed by atoms with Crippen molar-refractivity contribution in [2.45, 2.75) is 13.5 Å². The van der Waals surface area contributed by atoms with Crippen LogP contribution in [0.2, 0.25) is 0 Å². The summed E-state index contributed by atoms with van der Waals surface area (Å²) < 4.78 is 15.8. The highest BCUT2D eigenvalue weighted by atomic mass is 127. The summed E-state index contributed by atoms with van der Waals surface area (Å²) in [4.78, 5) is 16.1. The number of halogens is 2. The summed E-state index contributed by atoms with van der Waals surface area (Å²) in [6.07, 6.45) is 1.48. The third-order valence-electron chi connectivity index (χ3n) is 2.73. The van der Waals surface area contributed by atoms with Gasteiger partial charge in [-0.1, -0.05) is 12.1 Å². The Balaban J connectivity index is 2.52. The fourth-order valence-corrected chi connectivity index (χ4v) is 2.13. The Labute approximate surface area is 122 Å². The van der Waals surface area contributed by atoms with E-state index in [0.29, 0.717) is 15.0 Å². The molecule has 0 N–H and O–H groups in total. The molecule has 0 atom stereocenters. The van der Waals surface area contributed by atoms with Gasteiger partial charge in [-0.25, -0.2) is 9.37 Å². The van der Waals surface area contributed by atoms with Gasteiger partial charge in [-0.3, -0.25) is 9.36 Å². The molecule has 0 aliphatic rings. The molecule has 0 radical (unpaired) electrons. The minimum Gasteiger partial charge on any atom is -0.291 e. The molecule has 1 heterocycles. The van der Waals surface area contributed by atoms with Gasteiger partial charge in [0.15, 0.2) is 0 Å². The first kappa shape index (κ1) is 13.7. The van der Waals surface area contributed by atoms with Gasteiger partial charge in [0, 0.05) is 11.8 Å². The van der Waals surface area contributed by atoms with Gasteiger partial charge in [0.05, 0.1) is 15.7 Å². The molecule has 0 saturated heterocycles. The quantitative estimate of drug-likeness (QED) is 0.763. The third-order valence-corrected chi connectivity index (χ3v) is 3.47. The van der Waals surface area contributed by atoms with Gasteiger partial charge in [0.1, 0.15) is 17.7 Å². The zero-order valence-electron chi connectivity index (χ0n) is 10.0. The molecule has 6 heteroatoms. The van der Waals surface area contributed by atoms with Gasteiger partial charge in [-0.15, -0.1) is 0 Å². The Hall–Kier alpha value is -1.75. The van der Waals surface area contributed by atoms with E-state index < -0.39 is 5.82 Å². The SMILES string of the molecule is Cc1ncc(I)c(=O)n1Cc1cccc(C#N)c1F. The number of benzene rings is 1. The normalized spacial score (nSPS) is 10.2. The van der Waals surface area contributed by atoms with E-state index in [1.807, 2.05) is 22.6 Å². The molecule has 19 heavy (non-hydrogen) atoms. The van der Waals surface area contributed by atoms with E-state index in [0.717, 1.165) is 0 Å². The van der Waals surface area contributed by atoms with Crippen LogP contribution < -0.4 is 5.56 Å². The molecule has 4 nitrogen and oxygen atoms in total. The number of nitriles is 1. The Morgan fingerprint density at radius 1 is 1.53 bits per heavy atom. The van der Waals surface area contributed by atoms with Crippen molar-refractivity contribution in [3.05, 3.63) is 61.1 Å². The topological polar surface area (TPSA) is 58.7 Å². The molecule has 0 amide bonds. The molecular weight excluding hydrogens is 360 g/mol. The molecular formula is C13H9FIN3O. The van der Waals surface area contributed by atoms with Crippen LogP contribution >= 0.6 is 22.6 Å². The van der Waals surface area contributed by atoms with Crippen LogP contribution in [0.25, 0.3) is 0 Å². The Morgan fingerprint density at radius 3 is 2.95 bits per heavy atom. The second-order valence-corrected chi connectivity index (χ2v) is 5.10. The van der Waals surface area contributed by atoms with E-state index in [-0.39, 0.29) is 17.7 Å². The van der Waals surface area contributed by atoms with Crippen molar-refractivity contribution in [2.24, 2.45) is 0 Å². The van der Waals surface area contributed by atoms with Crippen LogP contribution in [0.4, 0.5) is 4.39 Å². The monoisotopic (exact) mass is 369 g/mol. The van der Waals surface area contributed by atoms with Gasteiger partial charge in [0.2, 0.25) is 0 Å². The molecule has 0 bridgehead atoms. The Kier molecular flexibility index (Phi) is 3.95. The van der Waals surface area contributed by atoms with Crippen molar-refractivity contribution < 1.29 is 4.39 Å². The number of nitrogens with zero attached hydrogens (tertiary/aromatic N) is 3. The fourth-order valence-electron chi connectivity index (χ4n) is 1.70. The van der Waals surface area contributed by atoms with Gasteiger partial charge in [-0.2, -0.15) is 5.26 Å². The maximum absolute atomic E-state index is 14.0. The average molecular weight is 369 g/mol. The number of aryl methyl sites for hydroxylation is 1. The van der Waals surface area contributed by atoms with Crippen LogP contribution in [0.3, 0.4) is 0 Å². The predicted octanol–water partition coefficient (Wildman–Crippen LogP) is 2.22. The lowest BCUT2D eigenvalue weighted by molar-refractivity contribution is 0.585. The number of hydrogen-bond donors (Lipinski definition) is 0. The zero-order valence-corrected chi connectivity index (χ0v) is 12.2. The molecule has 1 aromatic carbocycles. The highest BCUT2D eigenvalue weighted by Gasteiger charge is 2.11. The Bertz CT molecular complexity index is 734. The number of hydrogen-bond acceptors (Lipinski definition) is 3. The molecule has 0 aliphatic carbocycles. The minimum absolute atomic E-state index is 0.0261. The van der Waals surface area contributed by atoms with E-state index in [9.17, 15) is 9.18 Å². The first-order chi connectivity index (χ1) is 9.04. The van der Waals surface area contributed by atoms with Crippen LogP contribution in [-0.2, 0) is 6.54 Å². The van der Waals surface area contributed by atoms with Gasteiger partial charge in [-0.05, 0) is 35.6 Å². The molecule has 2 rings (SSSR count).